The first-order valence-electron chi connectivity index (χ1n) is 8.57. The van der Waals surface area contributed by atoms with Crippen LogP contribution in [0.5, 0.6) is 0 Å². The predicted molar refractivity (Wildman–Crippen MR) is 98.8 cm³/mol. The van der Waals surface area contributed by atoms with Gasteiger partial charge in [0, 0.05) is 31.3 Å². The highest BCUT2D eigenvalue weighted by atomic mass is 16.1. The number of fused-ring (bicyclic) bond motifs is 1. The van der Waals surface area contributed by atoms with Gasteiger partial charge in [0.1, 0.15) is 12.4 Å². The van der Waals surface area contributed by atoms with E-state index in [1.165, 1.54) is 0 Å². The van der Waals surface area contributed by atoms with Crippen molar-refractivity contribution >= 4 is 28.7 Å². The molecule has 26 heavy (non-hydrogen) atoms. The Morgan fingerprint density at radius 1 is 1.31 bits per heavy atom. The first-order chi connectivity index (χ1) is 12.8. The number of carbonyl (C=O) groups is 1. The maximum atomic E-state index is 12.2. The molecule has 1 aliphatic heterocycles. The molecule has 4 rings (SSSR count). The van der Waals surface area contributed by atoms with Crippen LogP contribution in [0, 0.1) is 0 Å². The predicted octanol–water partition coefficient (Wildman–Crippen LogP) is 1.37. The lowest BCUT2D eigenvalue weighted by atomic mass is 10.1. The van der Waals surface area contributed by atoms with Gasteiger partial charge in [0.15, 0.2) is 5.82 Å². The summed E-state index contributed by atoms with van der Waals surface area (Å²) in [6.07, 6.45) is 6.87. The molecule has 0 aliphatic carbocycles. The molecule has 2 N–H and O–H groups in total. The number of allylic oxidation sites excluding steroid dienone is 1. The van der Waals surface area contributed by atoms with Crippen LogP contribution in [0.2, 0.25) is 0 Å². The van der Waals surface area contributed by atoms with E-state index in [0.717, 1.165) is 35.4 Å². The SMILES string of the molecule is O=C(Cn1cnc2ccccc21)NCCc1nc(C2=CC=NCC2)n[nH]1. The van der Waals surface area contributed by atoms with Crippen LogP contribution in [0.1, 0.15) is 18.1 Å². The molecule has 0 radical (unpaired) electrons. The van der Waals surface area contributed by atoms with Gasteiger partial charge in [-0.15, -0.1) is 0 Å². The van der Waals surface area contributed by atoms with Crippen LogP contribution in [0.25, 0.3) is 16.6 Å². The van der Waals surface area contributed by atoms with Gasteiger partial charge in [-0.25, -0.2) is 9.97 Å². The molecule has 0 spiro atoms. The molecule has 132 valence electrons. The number of H-pyrrole nitrogens is 1. The van der Waals surface area contributed by atoms with Crippen molar-refractivity contribution in [2.75, 3.05) is 13.1 Å². The van der Waals surface area contributed by atoms with E-state index >= 15 is 0 Å². The maximum absolute atomic E-state index is 12.2. The average molecular weight is 349 g/mol. The molecule has 0 saturated heterocycles. The number of imidazole rings is 1. The van der Waals surface area contributed by atoms with Crippen molar-refractivity contribution in [1.82, 2.24) is 30.0 Å². The number of hydrogen-bond acceptors (Lipinski definition) is 5. The van der Waals surface area contributed by atoms with Crippen molar-refractivity contribution in [2.24, 2.45) is 4.99 Å². The van der Waals surface area contributed by atoms with E-state index in [9.17, 15) is 4.79 Å². The lowest BCUT2D eigenvalue weighted by Crippen LogP contribution is -2.29. The topological polar surface area (TPSA) is 101 Å². The van der Waals surface area contributed by atoms with Crippen LogP contribution in [0.15, 0.2) is 41.7 Å². The van der Waals surface area contributed by atoms with Crippen LogP contribution < -0.4 is 5.32 Å². The zero-order valence-corrected chi connectivity index (χ0v) is 14.2. The normalized spacial score (nSPS) is 13.8. The Labute approximate surface area is 150 Å². The number of dihydropyridines is 1. The summed E-state index contributed by atoms with van der Waals surface area (Å²) < 4.78 is 1.84. The number of carbonyl (C=O) groups excluding carboxylic acids is 1. The number of aliphatic imine (C=N–C) groups is 1. The quantitative estimate of drug-likeness (QED) is 0.702. The summed E-state index contributed by atoms with van der Waals surface area (Å²) in [7, 11) is 0. The molecule has 2 aromatic heterocycles. The van der Waals surface area contributed by atoms with Gasteiger partial charge >= 0.3 is 0 Å². The number of aromatic amines is 1. The van der Waals surface area contributed by atoms with Crippen LogP contribution in [-0.4, -0.2) is 49.9 Å². The second kappa shape index (κ2) is 7.30. The van der Waals surface area contributed by atoms with Gasteiger partial charge in [-0.2, -0.15) is 5.10 Å². The van der Waals surface area contributed by atoms with Gasteiger partial charge in [-0.3, -0.25) is 14.9 Å². The van der Waals surface area contributed by atoms with E-state index in [1.54, 1.807) is 12.5 Å². The van der Waals surface area contributed by atoms with E-state index in [1.807, 2.05) is 34.9 Å². The summed E-state index contributed by atoms with van der Waals surface area (Å²) in [6, 6.07) is 7.75. The van der Waals surface area contributed by atoms with Crippen LogP contribution in [0.3, 0.4) is 0 Å². The number of nitrogens with one attached hydrogen (secondary N) is 2. The third kappa shape index (κ3) is 3.53. The van der Waals surface area contributed by atoms with E-state index < -0.39 is 0 Å². The molecule has 3 heterocycles. The summed E-state index contributed by atoms with van der Waals surface area (Å²) in [6.45, 7) is 1.52. The summed E-state index contributed by atoms with van der Waals surface area (Å²) in [5.74, 6) is 1.42. The largest absolute Gasteiger partial charge is 0.354 e. The Morgan fingerprint density at radius 2 is 2.23 bits per heavy atom. The third-order valence-corrected chi connectivity index (χ3v) is 4.24. The molecule has 1 aromatic carbocycles. The molecule has 0 fully saturated rings. The molecule has 1 aliphatic rings. The number of aromatic nitrogens is 5. The number of amides is 1. The Kier molecular flexibility index (Phi) is 4.55. The van der Waals surface area contributed by atoms with Gasteiger partial charge in [-0.1, -0.05) is 12.1 Å². The van der Waals surface area contributed by atoms with Crippen molar-refractivity contribution in [3.05, 3.63) is 48.3 Å². The minimum atomic E-state index is -0.0564. The van der Waals surface area contributed by atoms with Gasteiger partial charge in [0.25, 0.3) is 0 Å². The summed E-state index contributed by atoms with van der Waals surface area (Å²) in [5.41, 5.74) is 2.92. The minimum Gasteiger partial charge on any atom is -0.354 e. The van der Waals surface area contributed by atoms with Crippen molar-refractivity contribution in [3.8, 4) is 0 Å². The summed E-state index contributed by atoms with van der Waals surface area (Å²) in [4.78, 5) is 25.1. The van der Waals surface area contributed by atoms with Crippen molar-refractivity contribution in [3.63, 3.8) is 0 Å². The zero-order valence-electron chi connectivity index (χ0n) is 14.2. The Bertz CT molecular complexity index is 982. The molecule has 0 unspecified atom stereocenters. The summed E-state index contributed by atoms with van der Waals surface area (Å²) in [5, 5.41) is 10.1. The number of nitrogens with zero attached hydrogens (tertiary/aromatic N) is 5. The fourth-order valence-electron chi connectivity index (χ4n) is 2.89. The molecule has 8 heteroatoms. The number of para-hydroxylation sites is 2. The van der Waals surface area contributed by atoms with E-state index in [-0.39, 0.29) is 12.5 Å². The molecular weight excluding hydrogens is 330 g/mol. The standard InChI is InChI=1S/C18H19N7O/c26-17(11-25-12-21-14-3-1-2-4-15(14)25)20-10-7-16-22-18(24-23-16)13-5-8-19-9-6-13/h1-5,8,12H,6-7,9-11H2,(H,20,26)(H,22,23,24). The van der Waals surface area contributed by atoms with E-state index in [0.29, 0.717) is 18.8 Å². The second-order valence-electron chi connectivity index (χ2n) is 6.06. The highest BCUT2D eigenvalue weighted by Crippen LogP contribution is 2.15. The number of rotatable bonds is 6. The molecule has 0 saturated carbocycles. The molecular formula is C18H19N7O. The lowest BCUT2D eigenvalue weighted by Gasteiger charge is -2.06. The second-order valence-corrected chi connectivity index (χ2v) is 6.06. The monoisotopic (exact) mass is 349 g/mol. The Morgan fingerprint density at radius 3 is 3.12 bits per heavy atom. The van der Waals surface area contributed by atoms with Gasteiger partial charge in [-0.05, 0) is 24.6 Å². The van der Waals surface area contributed by atoms with Crippen LogP contribution in [-0.2, 0) is 17.8 Å². The molecule has 3 aromatic rings. The first-order valence-corrected chi connectivity index (χ1v) is 8.57. The highest BCUT2D eigenvalue weighted by molar-refractivity contribution is 5.84. The zero-order chi connectivity index (χ0) is 17.8. The fourth-order valence-corrected chi connectivity index (χ4v) is 2.89. The van der Waals surface area contributed by atoms with Crippen molar-refractivity contribution in [1.29, 1.82) is 0 Å². The molecule has 1 amide bonds. The van der Waals surface area contributed by atoms with Crippen molar-refractivity contribution in [2.45, 2.75) is 19.4 Å². The molecule has 0 atom stereocenters. The van der Waals surface area contributed by atoms with Gasteiger partial charge in [0.2, 0.25) is 5.91 Å². The Balaban J connectivity index is 1.29. The molecule has 8 nitrogen and oxygen atoms in total. The van der Waals surface area contributed by atoms with E-state index in [2.05, 4.69) is 30.5 Å². The number of hydrogen-bond donors (Lipinski definition) is 2. The summed E-state index contributed by atoms with van der Waals surface area (Å²) >= 11 is 0. The Hall–Kier alpha value is -3.29. The average Bonchev–Trinajstić information content (AvgIpc) is 3.30. The molecule has 0 bridgehead atoms. The third-order valence-electron chi connectivity index (χ3n) is 4.24. The number of benzene rings is 1. The van der Waals surface area contributed by atoms with Crippen molar-refractivity contribution < 1.29 is 4.79 Å². The smallest absolute Gasteiger partial charge is 0.240 e. The lowest BCUT2D eigenvalue weighted by molar-refractivity contribution is -0.121. The van der Waals surface area contributed by atoms with Crippen LogP contribution in [0.4, 0.5) is 0 Å². The maximum Gasteiger partial charge on any atom is 0.240 e. The highest BCUT2D eigenvalue weighted by Gasteiger charge is 2.11. The van der Waals surface area contributed by atoms with E-state index in [4.69, 9.17) is 0 Å². The van der Waals surface area contributed by atoms with Crippen LogP contribution >= 0.6 is 0 Å². The fraction of sp³-hybridized carbons (Fsp3) is 0.278. The minimum absolute atomic E-state index is 0.0564. The van der Waals surface area contributed by atoms with Gasteiger partial charge in [0.05, 0.1) is 17.4 Å². The first kappa shape index (κ1) is 16.2. The van der Waals surface area contributed by atoms with Gasteiger partial charge < -0.3 is 9.88 Å².